The van der Waals surface area contributed by atoms with Gasteiger partial charge in [-0.25, -0.2) is 8.42 Å². The number of thioether (sulfide) groups is 1. The summed E-state index contributed by atoms with van der Waals surface area (Å²) in [5.74, 6) is 0.773. The molecule has 5 nitrogen and oxygen atoms in total. The van der Waals surface area contributed by atoms with E-state index in [1.807, 2.05) is 54.6 Å². The molecule has 0 saturated heterocycles. The lowest BCUT2D eigenvalue weighted by molar-refractivity contribution is -0.114. The van der Waals surface area contributed by atoms with Crippen molar-refractivity contribution in [1.82, 2.24) is 0 Å². The quantitative estimate of drug-likeness (QED) is 0.421. The van der Waals surface area contributed by atoms with E-state index in [1.54, 1.807) is 23.9 Å². The summed E-state index contributed by atoms with van der Waals surface area (Å²) in [6, 6.07) is 25.0. The van der Waals surface area contributed by atoms with Crippen LogP contribution in [0.4, 0.5) is 11.4 Å². The highest BCUT2D eigenvalue weighted by Gasteiger charge is 2.21. The lowest BCUT2D eigenvalue weighted by Crippen LogP contribution is -2.37. The van der Waals surface area contributed by atoms with Gasteiger partial charge in [-0.3, -0.25) is 9.10 Å². The number of hydrogen-bond acceptors (Lipinski definition) is 4. The Bertz CT molecular complexity index is 1130. The van der Waals surface area contributed by atoms with E-state index >= 15 is 0 Å². The monoisotopic (exact) mass is 468 g/mol. The predicted octanol–water partition coefficient (Wildman–Crippen LogP) is 5.51. The molecule has 0 aliphatic carbocycles. The van der Waals surface area contributed by atoms with Crippen molar-refractivity contribution in [2.45, 2.75) is 30.4 Å². The van der Waals surface area contributed by atoms with Crippen molar-refractivity contribution in [2.75, 3.05) is 22.4 Å². The van der Waals surface area contributed by atoms with E-state index in [0.29, 0.717) is 17.3 Å². The van der Waals surface area contributed by atoms with Crippen LogP contribution in [-0.4, -0.2) is 27.1 Å². The first-order valence-electron chi connectivity index (χ1n) is 10.4. The second-order valence-electron chi connectivity index (χ2n) is 7.86. The highest BCUT2D eigenvalue weighted by atomic mass is 32.2. The van der Waals surface area contributed by atoms with E-state index in [0.717, 1.165) is 27.4 Å². The highest BCUT2D eigenvalue weighted by Crippen LogP contribution is 2.24. The van der Waals surface area contributed by atoms with Gasteiger partial charge in [0.2, 0.25) is 15.9 Å². The molecule has 1 amide bonds. The van der Waals surface area contributed by atoms with Crippen LogP contribution in [0.15, 0.2) is 83.8 Å². The van der Waals surface area contributed by atoms with E-state index < -0.39 is 15.9 Å². The molecule has 0 spiro atoms. The van der Waals surface area contributed by atoms with E-state index in [9.17, 15) is 13.2 Å². The fourth-order valence-corrected chi connectivity index (χ4v) is 4.86. The third-order valence-electron chi connectivity index (χ3n) is 4.92. The van der Waals surface area contributed by atoms with Crippen LogP contribution >= 0.6 is 11.8 Å². The van der Waals surface area contributed by atoms with Gasteiger partial charge in [0.25, 0.3) is 0 Å². The maximum absolute atomic E-state index is 12.6. The van der Waals surface area contributed by atoms with Gasteiger partial charge in [0.1, 0.15) is 6.54 Å². The zero-order chi connectivity index (χ0) is 23.1. The van der Waals surface area contributed by atoms with E-state index in [-0.39, 0.29) is 6.54 Å². The number of nitrogens with one attached hydrogen (secondary N) is 1. The third-order valence-corrected chi connectivity index (χ3v) is 7.15. The van der Waals surface area contributed by atoms with Crippen molar-refractivity contribution in [1.29, 1.82) is 0 Å². The van der Waals surface area contributed by atoms with Crippen LogP contribution in [0.25, 0.3) is 0 Å². The van der Waals surface area contributed by atoms with Crippen molar-refractivity contribution < 1.29 is 13.2 Å². The topological polar surface area (TPSA) is 66.5 Å². The van der Waals surface area contributed by atoms with Gasteiger partial charge in [0.05, 0.1) is 11.9 Å². The molecule has 0 bridgehead atoms. The molecule has 7 heteroatoms. The minimum Gasteiger partial charge on any atom is -0.325 e. The number of carbonyl (C=O) groups is 1. The minimum atomic E-state index is -3.61. The molecule has 0 aliphatic rings. The summed E-state index contributed by atoms with van der Waals surface area (Å²) in [6.07, 6.45) is 1.11. The first-order valence-corrected chi connectivity index (χ1v) is 13.2. The summed E-state index contributed by atoms with van der Waals surface area (Å²) >= 11 is 1.74. The lowest BCUT2D eigenvalue weighted by Gasteiger charge is -2.22. The number of benzene rings is 3. The number of sulfonamides is 1. The van der Waals surface area contributed by atoms with Crippen molar-refractivity contribution in [2.24, 2.45) is 0 Å². The SMILES string of the molecule is CC(C)c1ccc(N(CC(=O)Nc2ccc(CSc3ccccc3)cc2)S(C)(=O)=O)cc1. The zero-order valence-electron chi connectivity index (χ0n) is 18.5. The molecule has 0 fully saturated rings. The fraction of sp³-hybridized carbons (Fsp3) is 0.240. The number of hydrogen-bond donors (Lipinski definition) is 1. The molecule has 3 aromatic carbocycles. The predicted molar refractivity (Wildman–Crippen MR) is 134 cm³/mol. The molecule has 0 atom stereocenters. The first-order chi connectivity index (χ1) is 15.2. The highest BCUT2D eigenvalue weighted by molar-refractivity contribution is 7.98. The Labute approximate surface area is 194 Å². The molecular weight excluding hydrogens is 440 g/mol. The Kier molecular flexibility index (Phi) is 7.99. The van der Waals surface area contributed by atoms with Gasteiger partial charge in [0, 0.05) is 16.3 Å². The molecule has 1 N–H and O–H groups in total. The molecule has 0 heterocycles. The van der Waals surface area contributed by atoms with Crippen molar-refractivity contribution in [3.8, 4) is 0 Å². The standard InChI is InChI=1S/C25H28N2O3S2/c1-19(2)21-11-15-23(16-12-21)27(32(3,29)30)17-25(28)26-22-13-9-20(10-14-22)18-31-24-7-5-4-6-8-24/h4-16,19H,17-18H2,1-3H3,(H,26,28). The number of carbonyl (C=O) groups excluding carboxylic acids is 1. The van der Waals surface area contributed by atoms with Gasteiger partial charge in [-0.05, 0) is 53.4 Å². The Morgan fingerprint density at radius 2 is 1.56 bits per heavy atom. The van der Waals surface area contributed by atoms with Gasteiger partial charge < -0.3 is 5.32 Å². The van der Waals surface area contributed by atoms with E-state index in [2.05, 4.69) is 31.3 Å². The maximum atomic E-state index is 12.6. The third kappa shape index (κ3) is 6.87. The van der Waals surface area contributed by atoms with Crippen LogP contribution in [0.3, 0.4) is 0 Å². The summed E-state index contributed by atoms with van der Waals surface area (Å²) < 4.78 is 25.8. The van der Waals surface area contributed by atoms with Gasteiger partial charge in [-0.15, -0.1) is 11.8 Å². The smallest absolute Gasteiger partial charge is 0.245 e. The summed E-state index contributed by atoms with van der Waals surface area (Å²) in [7, 11) is -3.61. The molecule has 0 aliphatic heterocycles. The van der Waals surface area contributed by atoms with Crippen molar-refractivity contribution >= 4 is 39.1 Å². The number of anilines is 2. The number of rotatable bonds is 9. The molecule has 0 radical (unpaired) electrons. The molecule has 0 unspecified atom stereocenters. The molecule has 32 heavy (non-hydrogen) atoms. The number of nitrogens with zero attached hydrogens (tertiary/aromatic N) is 1. The van der Waals surface area contributed by atoms with E-state index in [1.165, 1.54) is 4.90 Å². The Morgan fingerprint density at radius 3 is 2.12 bits per heavy atom. The van der Waals surface area contributed by atoms with Crippen LogP contribution in [0.1, 0.15) is 30.9 Å². The van der Waals surface area contributed by atoms with Crippen LogP contribution in [0.2, 0.25) is 0 Å². The molecule has 0 aromatic heterocycles. The van der Waals surface area contributed by atoms with Gasteiger partial charge in [0.15, 0.2) is 0 Å². The second kappa shape index (κ2) is 10.7. The van der Waals surface area contributed by atoms with Crippen molar-refractivity contribution in [3.05, 3.63) is 90.0 Å². The molecule has 168 valence electrons. The van der Waals surface area contributed by atoms with E-state index in [4.69, 9.17) is 0 Å². The largest absolute Gasteiger partial charge is 0.325 e. The van der Waals surface area contributed by atoms with Crippen LogP contribution in [-0.2, 0) is 20.6 Å². The molecule has 3 rings (SSSR count). The van der Waals surface area contributed by atoms with Gasteiger partial charge in [-0.1, -0.05) is 56.3 Å². The average Bonchev–Trinajstić information content (AvgIpc) is 2.77. The summed E-state index contributed by atoms with van der Waals surface area (Å²) in [5, 5.41) is 2.79. The summed E-state index contributed by atoms with van der Waals surface area (Å²) in [5.41, 5.74) is 3.35. The normalized spacial score (nSPS) is 11.4. The Morgan fingerprint density at radius 1 is 0.938 bits per heavy atom. The Hall–Kier alpha value is -2.77. The van der Waals surface area contributed by atoms with Crippen LogP contribution in [0.5, 0.6) is 0 Å². The van der Waals surface area contributed by atoms with Crippen molar-refractivity contribution in [3.63, 3.8) is 0 Å². The minimum absolute atomic E-state index is 0.286. The Balaban J connectivity index is 1.62. The maximum Gasteiger partial charge on any atom is 0.245 e. The average molecular weight is 469 g/mol. The van der Waals surface area contributed by atoms with Gasteiger partial charge in [-0.2, -0.15) is 0 Å². The zero-order valence-corrected chi connectivity index (χ0v) is 20.1. The van der Waals surface area contributed by atoms with Gasteiger partial charge >= 0.3 is 0 Å². The van der Waals surface area contributed by atoms with Crippen LogP contribution < -0.4 is 9.62 Å². The first kappa shape index (κ1) is 23.9. The molecular formula is C25H28N2O3S2. The fourth-order valence-electron chi connectivity index (χ4n) is 3.12. The van der Waals surface area contributed by atoms with Crippen LogP contribution in [0, 0.1) is 0 Å². The lowest BCUT2D eigenvalue weighted by atomic mass is 10.0. The molecule has 3 aromatic rings. The second-order valence-corrected chi connectivity index (χ2v) is 10.8. The number of amides is 1. The summed E-state index contributed by atoms with van der Waals surface area (Å²) in [4.78, 5) is 13.8. The summed E-state index contributed by atoms with van der Waals surface area (Å²) in [6.45, 7) is 3.86. The molecule has 0 saturated carbocycles.